The van der Waals surface area contributed by atoms with Crippen molar-refractivity contribution in [1.29, 1.82) is 0 Å². The Morgan fingerprint density at radius 2 is 2.09 bits per heavy atom. The lowest BCUT2D eigenvalue weighted by Gasteiger charge is -2.28. The van der Waals surface area contributed by atoms with Gasteiger partial charge in [0, 0.05) is 26.1 Å². The molecule has 0 bridgehead atoms. The lowest BCUT2D eigenvalue weighted by atomic mass is 9.99. The number of ether oxygens (including phenoxy) is 1. The maximum atomic E-state index is 12.1. The minimum Gasteiger partial charge on any atom is -0.465 e. The zero-order chi connectivity index (χ0) is 15.4. The van der Waals surface area contributed by atoms with Crippen molar-refractivity contribution in [3.05, 3.63) is 65.6 Å². The number of likely N-dealkylation sites (N-methyl/N-ethyl adjacent to an activating group) is 1. The highest BCUT2D eigenvalue weighted by molar-refractivity contribution is 5.91. The van der Waals surface area contributed by atoms with Gasteiger partial charge in [-0.05, 0) is 29.3 Å². The Kier molecular flexibility index (Phi) is 4.39. The van der Waals surface area contributed by atoms with Crippen molar-refractivity contribution in [1.82, 2.24) is 4.90 Å². The fourth-order valence-corrected chi connectivity index (χ4v) is 2.59. The summed E-state index contributed by atoms with van der Waals surface area (Å²) in [5.74, 6) is 0.614. The SMILES string of the molecule is CN(CC1Cc2ccccc2CO1)C(=O)C=Cc1ccco1. The molecule has 2 heterocycles. The molecule has 4 nitrogen and oxygen atoms in total. The number of furan rings is 1. The van der Waals surface area contributed by atoms with Crippen molar-refractivity contribution in [3.8, 4) is 0 Å². The van der Waals surface area contributed by atoms with E-state index in [0.29, 0.717) is 18.9 Å². The summed E-state index contributed by atoms with van der Waals surface area (Å²) < 4.78 is 11.0. The van der Waals surface area contributed by atoms with Crippen LogP contribution in [0.15, 0.2) is 53.2 Å². The number of benzene rings is 1. The number of fused-ring (bicyclic) bond motifs is 1. The highest BCUT2D eigenvalue weighted by Gasteiger charge is 2.21. The Morgan fingerprint density at radius 3 is 2.86 bits per heavy atom. The molecule has 0 radical (unpaired) electrons. The van der Waals surface area contributed by atoms with Gasteiger partial charge in [-0.3, -0.25) is 4.79 Å². The first-order valence-electron chi connectivity index (χ1n) is 7.37. The van der Waals surface area contributed by atoms with Crippen LogP contribution in [0.4, 0.5) is 0 Å². The predicted octanol–water partition coefficient (Wildman–Crippen LogP) is 2.89. The smallest absolute Gasteiger partial charge is 0.246 e. The molecule has 4 heteroatoms. The number of amides is 1. The van der Waals surface area contributed by atoms with Crippen molar-refractivity contribution in [3.63, 3.8) is 0 Å². The van der Waals surface area contributed by atoms with Crippen LogP contribution in [0.5, 0.6) is 0 Å². The summed E-state index contributed by atoms with van der Waals surface area (Å²) in [6.07, 6.45) is 5.67. The number of rotatable bonds is 4. The Balaban J connectivity index is 1.56. The quantitative estimate of drug-likeness (QED) is 0.815. The molecule has 1 aliphatic rings. The van der Waals surface area contributed by atoms with Crippen LogP contribution < -0.4 is 0 Å². The van der Waals surface area contributed by atoms with Gasteiger partial charge in [0.15, 0.2) is 0 Å². The van der Waals surface area contributed by atoms with Crippen molar-refractivity contribution >= 4 is 12.0 Å². The lowest BCUT2D eigenvalue weighted by molar-refractivity contribution is -0.126. The second-order valence-corrected chi connectivity index (χ2v) is 5.47. The molecule has 1 aromatic carbocycles. The molecule has 1 unspecified atom stereocenters. The van der Waals surface area contributed by atoms with Gasteiger partial charge in [-0.25, -0.2) is 0 Å². The van der Waals surface area contributed by atoms with Crippen LogP contribution >= 0.6 is 0 Å². The molecule has 1 aliphatic heterocycles. The minimum absolute atomic E-state index is 0.0425. The van der Waals surface area contributed by atoms with Crippen LogP contribution in [-0.2, 0) is 22.6 Å². The van der Waals surface area contributed by atoms with E-state index < -0.39 is 0 Å². The largest absolute Gasteiger partial charge is 0.465 e. The molecular formula is C18H19NO3. The second kappa shape index (κ2) is 6.62. The molecule has 0 saturated carbocycles. The average Bonchev–Trinajstić information content (AvgIpc) is 3.06. The average molecular weight is 297 g/mol. The summed E-state index contributed by atoms with van der Waals surface area (Å²) in [6.45, 7) is 1.20. The number of nitrogens with zero attached hydrogens (tertiary/aromatic N) is 1. The van der Waals surface area contributed by atoms with Crippen molar-refractivity contribution in [2.24, 2.45) is 0 Å². The Labute approximate surface area is 130 Å². The third kappa shape index (κ3) is 3.46. The summed E-state index contributed by atoms with van der Waals surface area (Å²) in [5, 5.41) is 0. The van der Waals surface area contributed by atoms with Crippen LogP contribution in [0.25, 0.3) is 6.08 Å². The maximum absolute atomic E-state index is 12.1. The van der Waals surface area contributed by atoms with Gasteiger partial charge in [-0.1, -0.05) is 24.3 Å². The van der Waals surface area contributed by atoms with Crippen molar-refractivity contribution in [2.75, 3.05) is 13.6 Å². The van der Waals surface area contributed by atoms with Crippen LogP contribution in [0.3, 0.4) is 0 Å². The Bertz CT molecular complexity index is 661. The summed E-state index contributed by atoms with van der Waals surface area (Å²) in [5.41, 5.74) is 2.55. The van der Waals surface area contributed by atoms with Gasteiger partial charge in [0.05, 0.1) is 19.0 Å². The van der Waals surface area contributed by atoms with Crippen molar-refractivity contribution in [2.45, 2.75) is 19.1 Å². The first-order chi connectivity index (χ1) is 10.7. The third-order valence-electron chi connectivity index (χ3n) is 3.83. The zero-order valence-electron chi connectivity index (χ0n) is 12.6. The lowest BCUT2D eigenvalue weighted by Crippen LogP contribution is -2.37. The molecule has 2 aromatic rings. The number of carbonyl (C=O) groups excluding carboxylic acids is 1. The summed E-state index contributed by atoms with van der Waals surface area (Å²) >= 11 is 0. The Morgan fingerprint density at radius 1 is 1.27 bits per heavy atom. The minimum atomic E-state index is -0.0566. The van der Waals surface area contributed by atoms with Gasteiger partial charge in [0.1, 0.15) is 5.76 Å². The highest BCUT2D eigenvalue weighted by atomic mass is 16.5. The van der Waals surface area contributed by atoms with Gasteiger partial charge in [0.25, 0.3) is 0 Å². The molecule has 0 aliphatic carbocycles. The third-order valence-corrected chi connectivity index (χ3v) is 3.83. The fourth-order valence-electron chi connectivity index (χ4n) is 2.59. The van der Waals surface area contributed by atoms with Gasteiger partial charge in [0.2, 0.25) is 5.91 Å². The van der Waals surface area contributed by atoms with Crippen LogP contribution in [0.2, 0.25) is 0 Å². The molecular weight excluding hydrogens is 278 g/mol. The van der Waals surface area contributed by atoms with Gasteiger partial charge in [-0.15, -0.1) is 0 Å². The normalized spacial score (nSPS) is 17.4. The fraction of sp³-hybridized carbons (Fsp3) is 0.278. The molecule has 0 saturated heterocycles. The summed E-state index contributed by atoms with van der Waals surface area (Å²) in [7, 11) is 1.79. The summed E-state index contributed by atoms with van der Waals surface area (Å²) in [6, 6.07) is 11.9. The number of carbonyl (C=O) groups is 1. The van der Waals surface area contributed by atoms with Crippen LogP contribution in [-0.4, -0.2) is 30.5 Å². The molecule has 0 N–H and O–H groups in total. The molecule has 1 aromatic heterocycles. The number of hydrogen-bond donors (Lipinski definition) is 0. The van der Waals surface area contributed by atoms with E-state index in [-0.39, 0.29) is 12.0 Å². The summed E-state index contributed by atoms with van der Waals surface area (Å²) in [4.78, 5) is 13.8. The molecule has 22 heavy (non-hydrogen) atoms. The van der Waals surface area contributed by atoms with Crippen LogP contribution in [0.1, 0.15) is 16.9 Å². The molecule has 1 amide bonds. The highest BCUT2D eigenvalue weighted by Crippen LogP contribution is 2.20. The van der Waals surface area contributed by atoms with E-state index in [1.54, 1.807) is 30.4 Å². The predicted molar refractivity (Wildman–Crippen MR) is 84.1 cm³/mol. The van der Waals surface area contributed by atoms with Gasteiger partial charge < -0.3 is 14.1 Å². The Hall–Kier alpha value is -2.33. The molecule has 0 fully saturated rings. The molecule has 3 rings (SSSR count). The van der Waals surface area contributed by atoms with E-state index >= 15 is 0 Å². The second-order valence-electron chi connectivity index (χ2n) is 5.47. The van der Waals surface area contributed by atoms with E-state index in [1.165, 1.54) is 17.2 Å². The van der Waals surface area contributed by atoms with E-state index in [1.807, 2.05) is 18.2 Å². The first kappa shape index (κ1) is 14.6. The molecule has 0 spiro atoms. The van der Waals surface area contributed by atoms with Gasteiger partial charge in [-0.2, -0.15) is 0 Å². The standard InChI is InChI=1S/C18H19NO3/c1-19(18(20)9-8-16-7-4-10-21-16)12-17-11-14-5-2-3-6-15(14)13-22-17/h2-10,17H,11-13H2,1H3. The molecule has 1 atom stereocenters. The van der Waals surface area contributed by atoms with E-state index in [0.717, 1.165) is 6.42 Å². The van der Waals surface area contributed by atoms with Crippen molar-refractivity contribution < 1.29 is 13.9 Å². The van der Waals surface area contributed by atoms with E-state index in [2.05, 4.69) is 12.1 Å². The maximum Gasteiger partial charge on any atom is 0.246 e. The molecule has 114 valence electrons. The zero-order valence-corrected chi connectivity index (χ0v) is 12.6. The van der Waals surface area contributed by atoms with E-state index in [9.17, 15) is 4.79 Å². The topological polar surface area (TPSA) is 42.7 Å². The number of hydrogen-bond acceptors (Lipinski definition) is 3. The van der Waals surface area contributed by atoms with Gasteiger partial charge >= 0.3 is 0 Å². The first-order valence-corrected chi connectivity index (χ1v) is 7.37. The van der Waals surface area contributed by atoms with Crippen LogP contribution in [0, 0.1) is 0 Å². The monoisotopic (exact) mass is 297 g/mol. The van der Waals surface area contributed by atoms with E-state index in [4.69, 9.17) is 9.15 Å².